The second-order valence-corrected chi connectivity index (χ2v) is 8.16. The molecule has 27 heavy (non-hydrogen) atoms. The van der Waals surface area contributed by atoms with Crippen LogP contribution in [0.25, 0.3) is 0 Å². The lowest BCUT2D eigenvalue weighted by Crippen LogP contribution is -2.51. The molecule has 1 atom stereocenters. The maximum atomic E-state index is 12.9. The summed E-state index contributed by atoms with van der Waals surface area (Å²) in [4.78, 5) is 29.0. The van der Waals surface area contributed by atoms with E-state index in [1.807, 2.05) is 19.1 Å². The second kappa shape index (κ2) is 8.44. The van der Waals surface area contributed by atoms with Gasteiger partial charge in [0, 0.05) is 38.1 Å². The number of aryl methyl sites for hydroxylation is 1. The van der Waals surface area contributed by atoms with Gasteiger partial charge < -0.3 is 24.3 Å². The van der Waals surface area contributed by atoms with E-state index in [4.69, 9.17) is 9.15 Å². The van der Waals surface area contributed by atoms with Crippen molar-refractivity contribution in [2.24, 2.45) is 5.41 Å². The van der Waals surface area contributed by atoms with Crippen LogP contribution >= 0.6 is 0 Å². The third-order valence-corrected chi connectivity index (χ3v) is 5.60. The first-order valence-corrected chi connectivity index (χ1v) is 9.74. The predicted octanol–water partition coefficient (Wildman–Crippen LogP) is 1.55. The van der Waals surface area contributed by atoms with Gasteiger partial charge in [0.05, 0.1) is 6.54 Å². The summed E-state index contributed by atoms with van der Waals surface area (Å²) >= 11 is 0. The first-order chi connectivity index (χ1) is 12.9. The van der Waals surface area contributed by atoms with Crippen molar-refractivity contribution in [3.8, 4) is 0 Å². The Balaban J connectivity index is 1.62. The van der Waals surface area contributed by atoms with Gasteiger partial charge in [-0.3, -0.25) is 9.59 Å². The molecule has 0 radical (unpaired) electrons. The van der Waals surface area contributed by atoms with Crippen molar-refractivity contribution in [1.82, 2.24) is 15.1 Å². The van der Waals surface area contributed by atoms with Gasteiger partial charge in [-0.25, -0.2) is 0 Å². The lowest BCUT2D eigenvalue weighted by Gasteiger charge is -2.39. The molecule has 0 aromatic carbocycles. The Morgan fingerprint density at radius 3 is 2.70 bits per heavy atom. The normalized spacial score (nSPS) is 22.4. The highest BCUT2D eigenvalue weighted by Gasteiger charge is 2.39. The molecule has 2 amide bonds. The first kappa shape index (κ1) is 19.9. The summed E-state index contributed by atoms with van der Waals surface area (Å²) in [6.45, 7) is 5.21. The highest BCUT2D eigenvalue weighted by atomic mass is 16.5. The van der Waals surface area contributed by atoms with Gasteiger partial charge in [-0.15, -0.1) is 0 Å². The van der Waals surface area contributed by atoms with Crippen LogP contribution in [-0.2, 0) is 20.9 Å². The monoisotopic (exact) mass is 377 g/mol. The van der Waals surface area contributed by atoms with E-state index in [9.17, 15) is 9.59 Å². The Labute approximate surface area is 161 Å². The maximum Gasteiger partial charge on any atom is 0.242 e. The molecule has 2 saturated heterocycles. The number of nitrogens with zero attached hydrogens (tertiary/aromatic N) is 2. The largest absolute Gasteiger partial charge is 0.464 e. The predicted molar refractivity (Wildman–Crippen MR) is 101 cm³/mol. The minimum atomic E-state index is -0.417. The molecule has 3 rings (SSSR count). The van der Waals surface area contributed by atoms with Crippen molar-refractivity contribution >= 4 is 11.8 Å². The van der Waals surface area contributed by atoms with E-state index < -0.39 is 6.04 Å². The van der Waals surface area contributed by atoms with Crippen molar-refractivity contribution in [2.75, 3.05) is 40.4 Å². The Bertz CT molecular complexity index is 664. The van der Waals surface area contributed by atoms with E-state index in [0.717, 1.165) is 38.4 Å². The van der Waals surface area contributed by atoms with Crippen LogP contribution in [0.15, 0.2) is 16.5 Å². The Morgan fingerprint density at radius 2 is 2.07 bits per heavy atom. The standard InChI is InChI=1S/C20H31N3O4/c1-15-4-5-16(27-15)12-23-17(6-7-18(23)24)19(25)21-13-20(14-22(2)3)8-10-26-11-9-20/h4-5,17H,6-14H2,1-3H3,(H,21,25). The molecule has 3 heterocycles. The number of rotatable bonds is 7. The van der Waals surface area contributed by atoms with Crippen LogP contribution in [0, 0.1) is 12.3 Å². The van der Waals surface area contributed by atoms with Crippen molar-refractivity contribution in [3.05, 3.63) is 23.7 Å². The summed E-state index contributed by atoms with van der Waals surface area (Å²) in [5.41, 5.74) is 0.0307. The zero-order valence-electron chi connectivity index (χ0n) is 16.6. The van der Waals surface area contributed by atoms with Crippen molar-refractivity contribution in [3.63, 3.8) is 0 Å². The Hall–Kier alpha value is -1.86. The number of furan rings is 1. The molecular formula is C20H31N3O4. The first-order valence-electron chi connectivity index (χ1n) is 9.74. The number of likely N-dealkylation sites (tertiary alicyclic amines) is 1. The third kappa shape index (κ3) is 4.90. The van der Waals surface area contributed by atoms with E-state index in [2.05, 4.69) is 24.3 Å². The third-order valence-electron chi connectivity index (χ3n) is 5.60. The topological polar surface area (TPSA) is 75.0 Å². The van der Waals surface area contributed by atoms with Gasteiger partial charge in [-0.1, -0.05) is 0 Å². The fraction of sp³-hybridized carbons (Fsp3) is 0.700. The van der Waals surface area contributed by atoms with Crippen molar-refractivity contribution < 1.29 is 18.7 Å². The number of nitrogens with one attached hydrogen (secondary N) is 1. The summed E-state index contributed by atoms with van der Waals surface area (Å²) in [6.07, 6.45) is 2.84. The zero-order valence-corrected chi connectivity index (χ0v) is 16.6. The quantitative estimate of drug-likeness (QED) is 0.780. The highest BCUT2D eigenvalue weighted by Crippen LogP contribution is 2.31. The summed E-state index contributed by atoms with van der Waals surface area (Å²) in [5, 5.41) is 3.14. The van der Waals surface area contributed by atoms with E-state index in [-0.39, 0.29) is 17.2 Å². The summed E-state index contributed by atoms with van der Waals surface area (Å²) < 4.78 is 11.1. The van der Waals surface area contributed by atoms with Crippen molar-refractivity contribution in [1.29, 1.82) is 0 Å². The number of ether oxygens (including phenoxy) is 1. The van der Waals surface area contributed by atoms with Crippen LogP contribution in [0.4, 0.5) is 0 Å². The molecule has 7 nitrogen and oxygen atoms in total. The van der Waals surface area contributed by atoms with Crippen LogP contribution in [0.2, 0.25) is 0 Å². The number of hydrogen-bond donors (Lipinski definition) is 1. The maximum absolute atomic E-state index is 12.9. The summed E-state index contributed by atoms with van der Waals surface area (Å²) in [7, 11) is 4.11. The Kier molecular flexibility index (Phi) is 6.22. The number of carbonyl (C=O) groups is 2. The van der Waals surface area contributed by atoms with Crippen LogP contribution in [0.3, 0.4) is 0 Å². The van der Waals surface area contributed by atoms with Crippen LogP contribution in [0.5, 0.6) is 0 Å². The fourth-order valence-corrected chi connectivity index (χ4v) is 4.20. The molecule has 2 aliphatic rings. The van der Waals surface area contributed by atoms with Gasteiger partial charge in [0.1, 0.15) is 17.6 Å². The molecule has 1 aromatic heterocycles. The molecule has 0 spiro atoms. The smallest absolute Gasteiger partial charge is 0.242 e. The molecule has 0 aliphatic carbocycles. The number of carbonyl (C=O) groups excluding carboxylic acids is 2. The zero-order chi connectivity index (χ0) is 19.4. The van der Waals surface area contributed by atoms with E-state index in [1.165, 1.54) is 0 Å². The molecule has 7 heteroatoms. The van der Waals surface area contributed by atoms with Gasteiger partial charge in [0.25, 0.3) is 0 Å². The average molecular weight is 377 g/mol. The number of hydrogen-bond acceptors (Lipinski definition) is 5. The molecule has 1 N–H and O–H groups in total. The SMILES string of the molecule is Cc1ccc(CN2C(=O)CCC2C(=O)NCC2(CN(C)C)CCOCC2)o1. The van der Waals surface area contributed by atoms with Gasteiger partial charge in [0.2, 0.25) is 11.8 Å². The number of amides is 2. The molecule has 0 bridgehead atoms. The summed E-state index contributed by atoms with van der Waals surface area (Å²) in [5.74, 6) is 1.48. The average Bonchev–Trinajstić information content (AvgIpc) is 3.20. The van der Waals surface area contributed by atoms with E-state index >= 15 is 0 Å². The fourth-order valence-electron chi connectivity index (χ4n) is 4.20. The summed E-state index contributed by atoms with van der Waals surface area (Å²) in [6, 6.07) is 3.32. The van der Waals surface area contributed by atoms with Crippen LogP contribution < -0.4 is 5.32 Å². The molecular weight excluding hydrogens is 346 g/mol. The van der Waals surface area contributed by atoms with E-state index in [0.29, 0.717) is 31.7 Å². The molecule has 2 fully saturated rings. The van der Waals surface area contributed by atoms with Gasteiger partial charge in [-0.05, 0) is 52.4 Å². The van der Waals surface area contributed by atoms with Gasteiger partial charge in [-0.2, -0.15) is 0 Å². The molecule has 2 aliphatic heterocycles. The van der Waals surface area contributed by atoms with Crippen LogP contribution in [-0.4, -0.2) is 68.1 Å². The van der Waals surface area contributed by atoms with Crippen LogP contribution in [0.1, 0.15) is 37.2 Å². The Morgan fingerprint density at radius 1 is 1.33 bits per heavy atom. The molecule has 150 valence electrons. The van der Waals surface area contributed by atoms with E-state index in [1.54, 1.807) is 4.90 Å². The second-order valence-electron chi connectivity index (χ2n) is 8.16. The highest BCUT2D eigenvalue weighted by molar-refractivity contribution is 5.90. The van der Waals surface area contributed by atoms with Crippen molar-refractivity contribution in [2.45, 2.75) is 45.2 Å². The minimum absolute atomic E-state index is 0.0123. The van der Waals surface area contributed by atoms with Gasteiger partial charge >= 0.3 is 0 Å². The minimum Gasteiger partial charge on any atom is -0.464 e. The lowest BCUT2D eigenvalue weighted by atomic mass is 9.79. The van der Waals surface area contributed by atoms with Gasteiger partial charge in [0.15, 0.2) is 0 Å². The lowest BCUT2D eigenvalue weighted by molar-refractivity contribution is -0.136. The molecule has 1 unspecified atom stereocenters. The molecule has 0 saturated carbocycles. The molecule has 1 aromatic rings.